The fourth-order valence-electron chi connectivity index (χ4n) is 2.19. The summed E-state index contributed by atoms with van der Waals surface area (Å²) in [5, 5.41) is 20.1. The molecule has 2 rings (SSSR count). The van der Waals surface area contributed by atoms with Gasteiger partial charge in [0, 0.05) is 22.9 Å². The summed E-state index contributed by atoms with van der Waals surface area (Å²) in [6.45, 7) is 0.000854. The molecule has 0 saturated carbocycles. The molecule has 0 radical (unpaired) electrons. The molecule has 0 aliphatic rings. The lowest BCUT2D eigenvalue weighted by atomic mass is 10.2. The first-order valence-electron chi connectivity index (χ1n) is 7.50. The third kappa shape index (κ3) is 5.38. The molecule has 0 saturated heterocycles. The van der Waals surface area contributed by atoms with E-state index in [4.69, 9.17) is 5.73 Å². The molecule has 0 fully saturated rings. The third-order valence-corrected chi connectivity index (χ3v) is 4.73. The van der Waals surface area contributed by atoms with E-state index in [0.717, 1.165) is 29.5 Å². The Morgan fingerprint density at radius 3 is 2.38 bits per heavy atom. The van der Waals surface area contributed by atoms with E-state index < -0.39 is 23.8 Å². The summed E-state index contributed by atoms with van der Waals surface area (Å²) in [5.74, 6) is -1.34. The number of alkyl halides is 3. The minimum atomic E-state index is -4.50. The predicted molar refractivity (Wildman–Crippen MR) is 91.8 cm³/mol. The summed E-state index contributed by atoms with van der Waals surface area (Å²) in [4.78, 5) is 11.7. The molecule has 0 heterocycles. The molecule has 0 aliphatic carbocycles. The van der Waals surface area contributed by atoms with Crippen LogP contribution in [0.1, 0.15) is 11.1 Å². The number of carboxylic acids is 1. The van der Waals surface area contributed by atoms with Crippen LogP contribution in [-0.4, -0.2) is 33.1 Å². The number of hydroxylamine groups is 2. The monoisotopic (exact) mass is 386 g/mol. The van der Waals surface area contributed by atoms with Gasteiger partial charge in [0.05, 0.1) is 5.56 Å². The van der Waals surface area contributed by atoms with Crippen LogP contribution in [0.2, 0.25) is 0 Å². The Kier molecular flexibility index (Phi) is 6.52. The molecule has 0 amide bonds. The summed E-state index contributed by atoms with van der Waals surface area (Å²) >= 11 is 0.967. The van der Waals surface area contributed by atoms with E-state index in [0.29, 0.717) is 9.96 Å². The Bertz CT molecular complexity index is 757. The van der Waals surface area contributed by atoms with Crippen molar-refractivity contribution >= 4 is 23.4 Å². The van der Waals surface area contributed by atoms with E-state index in [-0.39, 0.29) is 18.0 Å². The molecule has 2 aromatic rings. The number of carboxylic acid groups (broad SMARTS) is 1. The van der Waals surface area contributed by atoms with Gasteiger partial charge in [0.25, 0.3) is 0 Å². The Balaban J connectivity index is 2.05. The van der Waals surface area contributed by atoms with E-state index >= 15 is 0 Å². The molecule has 1 atom stereocenters. The fraction of sp³-hybridized carbons (Fsp3) is 0.235. The number of nitrogen functional groups attached to an aromatic ring is 1. The second-order valence-electron chi connectivity index (χ2n) is 5.50. The lowest BCUT2D eigenvalue weighted by molar-refractivity contribution is -0.169. The molecule has 2 aromatic carbocycles. The number of nitrogens with zero attached hydrogens (tertiary/aromatic N) is 1. The zero-order valence-electron chi connectivity index (χ0n) is 13.5. The first-order valence-corrected chi connectivity index (χ1v) is 8.49. The maximum Gasteiger partial charge on any atom is 0.416 e. The smallest absolute Gasteiger partial charge is 0.416 e. The highest BCUT2D eigenvalue weighted by Crippen LogP contribution is 2.34. The van der Waals surface area contributed by atoms with Gasteiger partial charge in [-0.3, -0.25) is 4.79 Å². The van der Waals surface area contributed by atoms with Crippen LogP contribution in [0.5, 0.6) is 0 Å². The van der Waals surface area contributed by atoms with E-state index in [1.54, 1.807) is 30.3 Å². The number of aliphatic carboxylic acids is 1. The molecule has 4 N–H and O–H groups in total. The van der Waals surface area contributed by atoms with Crippen molar-refractivity contribution in [1.82, 2.24) is 5.06 Å². The number of hydrogen-bond acceptors (Lipinski definition) is 5. The molecule has 0 spiro atoms. The summed E-state index contributed by atoms with van der Waals surface area (Å²) < 4.78 is 38.0. The van der Waals surface area contributed by atoms with Gasteiger partial charge in [-0.25, -0.2) is 0 Å². The summed E-state index contributed by atoms with van der Waals surface area (Å²) in [5.41, 5.74) is 5.39. The normalized spacial score (nSPS) is 13.0. The van der Waals surface area contributed by atoms with Crippen LogP contribution < -0.4 is 5.73 Å². The highest BCUT2D eigenvalue weighted by Gasteiger charge is 2.31. The van der Waals surface area contributed by atoms with Crippen LogP contribution in [0.3, 0.4) is 0 Å². The van der Waals surface area contributed by atoms with Gasteiger partial charge >= 0.3 is 12.1 Å². The third-order valence-electron chi connectivity index (χ3n) is 3.57. The fourth-order valence-corrected chi connectivity index (χ4v) is 3.23. The number of anilines is 1. The first kappa shape index (κ1) is 20.1. The maximum absolute atomic E-state index is 12.7. The van der Waals surface area contributed by atoms with Crippen molar-refractivity contribution in [2.45, 2.75) is 23.7 Å². The number of benzene rings is 2. The van der Waals surface area contributed by atoms with Crippen molar-refractivity contribution in [3.63, 3.8) is 0 Å². The zero-order valence-corrected chi connectivity index (χ0v) is 14.3. The van der Waals surface area contributed by atoms with Crippen molar-refractivity contribution < 1.29 is 28.3 Å². The molecule has 140 valence electrons. The second-order valence-corrected chi connectivity index (χ2v) is 6.56. The van der Waals surface area contributed by atoms with E-state index in [9.17, 15) is 28.3 Å². The summed E-state index contributed by atoms with van der Waals surface area (Å²) in [6, 6.07) is 10.4. The number of rotatable bonds is 7. The van der Waals surface area contributed by atoms with Gasteiger partial charge in [0.2, 0.25) is 0 Å². The Hall–Kier alpha value is -2.23. The first-order chi connectivity index (χ1) is 12.2. The number of hydrogen-bond donors (Lipinski definition) is 3. The number of carbonyl (C=O) groups is 1. The Morgan fingerprint density at radius 1 is 1.19 bits per heavy atom. The van der Waals surface area contributed by atoms with Crippen molar-refractivity contribution in [2.24, 2.45) is 0 Å². The maximum atomic E-state index is 12.7. The second kappa shape index (κ2) is 8.43. The van der Waals surface area contributed by atoms with Crippen molar-refractivity contribution in [3.05, 3.63) is 59.7 Å². The van der Waals surface area contributed by atoms with Gasteiger partial charge in [-0.1, -0.05) is 30.3 Å². The topological polar surface area (TPSA) is 86.8 Å². The van der Waals surface area contributed by atoms with Gasteiger partial charge in [0.15, 0.2) is 0 Å². The van der Waals surface area contributed by atoms with Crippen molar-refractivity contribution in [3.8, 4) is 0 Å². The molecule has 0 aromatic heterocycles. The van der Waals surface area contributed by atoms with Crippen LogP contribution in [-0.2, 0) is 17.5 Å². The largest absolute Gasteiger partial charge is 0.480 e. The van der Waals surface area contributed by atoms with Crippen LogP contribution in [0.15, 0.2) is 53.4 Å². The molecule has 0 aliphatic heterocycles. The lowest BCUT2D eigenvalue weighted by Gasteiger charge is -2.22. The van der Waals surface area contributed by atoms with Crippen LogP contribution in [0.25, 0.3) is 0 Å². The van der Waals surface area contributed by atoms with Crippen molar-refractivity contribution in [2.75, 3.05) is 11.5 Å². The summed E-state index contributed by atoms with van der Waals surface area (Å²) in [6.07, 6.45) is -4.50. The predicted octanol–water partition coefficient (Wildman–Crippen LogP) is 3.72. The molecular formula is C17H17F3N2O3S. The van der Waals surface area contributed by atoms with Crippen molar-refractivity contribution in [1.29, 1.82) is 0 Å². The van der Waals surface area contributed by atoms with Gasteiger partial charge in [-0.05, 0) is 23.8 Å². The lowest BCUT2D eigenvalue weighted by Crippen LogP contribution is -2.40. The molecule has 5 nitrogen and oxygen atoms in total. The van der Waals surface area contributed by atoms with Crippen LogP contribution in [0.4, 0.5) is 18.9 Å². The SMILES string of the molecule is Nc1cc(C(F)(F)F)ccc1SC[C@@H](C(=O)O)N(O)Cc1ccccc1. The molecule has 0 unspecified atom stereocenters. The number of halogens is 3. The molecular weight excluding hydrogens is 369 g/mol. The average molecular weight is 386 g/mol. The van der Waals surface area contributed by atoms with Gasteiger partial charge in [-0.2, -0.15) is 18.2 Å². The minimum absolute atomic E-state index is 0.000854. The highest BCUT2D eigenvalue weighted by molar-refractivity contribution is 7.99. The van der Waals surface area contributed by atoms with Gasteiger partial charge in [-0.15, -0.1) is 11.8 Å². The summed E-state index contributed by atoms with van der Waals surface area (Å²) in [7, 11) is 0. The highest BCUT2D eigenvalue weighted by atomic mass is 32.2. The van der Waals surface area contributed by atoms with Crippen LogP contribution >= 0.6 is 11.8 Å². The standard InChI is InChI=1S/C17H17F3N2O3S/c18-17(19,20)12-6-7-15(13(21)8-12)26-10-14(16(23)24)22(25)9-11-4-2-1-3-5-11/h1-8,14,25H,9-10,21H2,(H,23,24)/t14-/m0/s1. The zero-order chi connectivity index (χ0) is 19.3. The van der Waals surface area contributed by atoms with E-state index in [2.05, 4.69) is 0 Å². The Morgan fingerprint density at radius 2 is 1.85 bits per heavy atom. The van der Waals surface area contributed by atoms with E-state index in [1.807, 2.05) is 0 Å². The number of thioether (sulfide) groups is 1. The Labute approximate surface area is 152 Å². The quantitative estimate of drug-likeness (QED) is 0.382. The number of nitrogens with two attached hydrogens (primary N) is 1. The van der Waals surface area contributed by atoms with Crippen LogP contribution in [0, 0.1) is 0 Å². The van der Waals surface area contributed by atoms with E-state index in [1.165, 1.54) is 6.07 Å². The molecule has 26 heavy (non-hydrogen) atoms. The average Bonchev–Trinajstić information content (AvgIpc) is 2.56. The minimum Gasteiger partial charge on any atom is -0.480 e. The molecule has 0 bridgehead atoms. The van der Waals surface area contributed by atoms with Gasteiger partial charge < -0.3 is 16.0 Å². The van der Waals surface area contributed by atoms with Gasteiger partial charge in [0.1, 0.15) is 6.04 Å². The molecule has 9 heteroatoms.